The van der Waals surface area contributed by atoms with Gasteiger partial charge in [-0.15, -0.1) is 11.3 Å². The van der Waals surface area contributed by atoms with Gasteiger partial charge in [-0.05, 0) is 43.6 Å². The van der Waals surface area contributed by atoms with Crippen LogP contribution < -0.4 is 5.73 Å². The normalized spacial score (nSPS) is 27.3. The van der Waals surface area contributed by atoms with Gasteiger partial charge in [-0.2, -0.15) is 0 Å². The SMILES string of the molecule is CCOC1CC(CC(N)c2cccs2)C1. The van der Waals surface area contributed by atoms with E-state index in [1.807, 2.05) is 0 Å². The zero-order valence-electron chi connectivity index (χ0n) is 9.19. The lowest BCUT2D eigenvalue weighted by Gasteiger charge is -2.36. The maximum Gasteiger partial charge on any atom is 0.0580 e. The minimum atomic E-state index is 0.234. The molecule has 1 aromatic rings. The molecule has 0 aliphatic heterocycles. The van der Waals surface area contributed by atoms with Crippen molar-refractivity contribution in [3.8, 4) is 0 Å². The molecule has 15 heavy (non-hydrogen) atoms. The van der Waals surface area contributed by atoms with E-state index < -0.39 is 0 Å². The average molecular weight is 225 g/mol. The zero-order valence-corrected chi connectivity index (χ0v) is 10.0. The molecule has 0 spiro atoms. The van der Waals surface area contributed by atoms with E-state index in [0.717, 1.165) is 18.9 Å². The first-order valence-corrected chi connectivity index (χ1v) is 6.58. The van der Waals surface area contributed by atoms with Gasteiger partial charge in [0, 0.05) is 17.5 Å². The van der Waals surface area contributed by atoms with Crippen LogP contribution in [0.4, 0.5) is 0 Å². The molecular formula is C12H19NOS. The van der Waals surface area contributed by atoms with Gasteiger partial charge in [-0.3, -0.25) is 0 Å². The minimum Gasteiger partial charge on any atom is -0.378 e. The van der Waals surface area contributed by atoms with Crippen LogP contribution >= 0.6 is 11.3 Å². The highest BCUT2D eigenvalue weighted by Gasteiger charge is 2.30. The predicted molar refractivity (Wildman–Crippen MR) is 64.0 cm³/mol. The van der Waals surface area contributed by atoms with Crippen molar-refractivity contribution in [2.24, 2.45) is 11.7 Å². The van der Waals surface area contributed by atoms with Crippen LogP contribution in [0.5, 0.6) is 0 Å². The highest BCUT2D eigenvalue weighted by Crippen LogP contribution is 2.36. The molecule has 1 atom stereocenters. The fraction of sp³-hybridized carbons (Fsp3) is 0.667. The van der Waals surface area contributed by atoms with Crippen LogP contribution in [0.2, 0.25) is 0 Å². The number of rotatable bonds is 5. The van der Waals surface area contributed by atoms with Gasteiger partial charge in [0.15, 0.2) is 0 Å². The second kappa shape index (κ2) is 5.10. The Morgan fingerprint density at radius 1 is 1.60 bits per heavy atom. The fourth-order valence-corrected chi connectivity index (χ4v) is 2.96. The fourth-order valence-electron chi connectivity index (χ4n) is 2.22. The summed E-state index contributed by atoms with van der Waals surface area (Å²) in [5.41, 5.74) is 6.14. The largest absolute Gasteiger partial charge is 0.378 e. The lowest BCUT2D eigenvalue weighted by molar-refractivity contribution is -0.0281. The quantitative estimate of drug-likeness (QED) is 0.836. The van der Waals surface area contributed by atoms with Crippen molar-refractivity contribution in [3.05, 3.63) is 22.4 Å². The van der Waals surface area contributed by atoms with Gasteiger partial charge >= 0.3 is 0 Å². The van der Waals surface area contributed by atoms with Gasteiger partial charge < -0.3 is 10.5 Å². The van der Waals surface area contributed by atoms with E-state index in [0.29, 0.717) is 6.10 Å². The Labute approximate surface area is 95.4 Å². The molecule has 1 saturated carbocycles. The monoisotopic (exact) mass is 225 g/mol. The molecule has 84 valence electrons. The first-order chi connectivity index (χ1) is 7.29. The summed E-state index contributed by atoms with van der Waals surface area (Å²) in [4.78, 5) is 1.31. The lowest BCUT2D eigenvalue weighted by atomic mass is 9.78. The molecule has 1 fully saturated rings. The van der Waals surface area contributed by atoms with E-state index in [1.165, 1.54) is 17.7 Å². The second-order valence-corrected chi connectivity index (χ2v) is 5.25. The van der Waals surface area contributed by atoms with Gasteiger partial charge in [0.25, 0.3) is 0 Å². The summed E-state index contributed by atoms with van der Waals surface area (Å²) >= 11 is 1.76. The molecule has 3 heteroatoms. The minimum absolute atomic E-state index is 0.234. The van der Waals surface area contributed by atoms with E-state index in [9.17, 15) is 0 Å². The summed E-state index contributed by atoms with van der Waals surface area (Å²) < 4.78 is 5.54. The van der Waals surface area contributed by atoms with E-state index in [-0.39, 0.29) is 6.04 Å². The van der Waals surface area contributed by atoms with Crippen LogP contribution in [0.25, 0.3) is 0 Å². The van der Waals surface area contributed by atoms with Crippen LogP contribution in [0.3, 0.4) is 0 Å². The Kier molecular flexibility index (Phi) is 3.78. The highest BCUT2D eigenvalue weighted by atomic mass is 32.1. The predicted octanol–water partition coefficient (Wildman–Crippen LogP) is 2.95. The maximum absolute atomic E-state index is 6.14. The van der Waals surface area contributed by atoms with E-state index in [1.54, 1.807) is 11.3 Å². The molecule has 0 saturated heterocycles. The van der Waals surface area contributed by atoms with Gasteiger partial charge in [-0.25, -0.2) is 0 Å². The number of hydrogen-bond acceptors (Lipinski definition) is 3. The summed E-state index contributed by atoms with van der Waals surface area (Å²) in [5, 5.41) is 2.10. The number of ether oxygens (including phenoxy) is 1. The molecule has 0 amide bonds. The van der Waals surface area contributed by atoms with Crippen molar-refractivity contribution >= 4 is 11.3 Å². The molecule has 1 aromatic heterocycles. The van der Waals surface area contributed by atoms with Gasteiger partial charge in [-0.1, -0.05) is 6.07 Å². The third-order valence-corrected chi connectivity index (χ3v) is 4.09. The van der Waals surface area contributed by atoms with Gasteiger partial charge in [0.1, 0.15) is 0 Å². The maximum atomic E-state index is 6.14. The van der Waals surface area contributed by atoms with Crippen LogP contribution in [-0.4, -0.2) is 12.7 Å². The van der Waals surface area contributed by atoms with Gasteiger partial charge in [0.2, 0.25) is 0 Å². The lowest BCUT2D eigenvalue weighted by Crippen LogP contribution is -2.33. The van der Waals surface area contributed by atoms with Crippen molar-refractivity contribution < 1.29 is 4.74 Å². The third kappa shape index (κ3) is 2.80. The van der Waals surface area contributed by atoms with Crippen molar-refractivity contribution in [1.29, 1.82) is 0 Å². The first-order valence-electron chi connectivity index (χ1n) is 5.70. The Balaban J connectivity index is 1.71. The van der Waals surface area contributed by atoms with Crippen molar-refractivity contribution in [2.75, 3.05) is 6.61 Å². The molecule has 1 aliphatic carbocycles. The molecule has 0 bridgehead atoms. The molecule has 0 radical (unpaired) electrons. The van der Waals surface area contributed by atoms with Crippen LogP contribution in [0.1, 0.15) is 37.1 Å². The molecule has 2 rings (SSSR count). The van der Waals surface area contributed by atoms with Crippen LogP contribution in [0.15, 0.2) is 17.5 Å². The van der Waals surface area contributed by atoms with E-state index in [4.69, 9.17) is 10.5 Å². The summed E-state index contributed by atoms with van der Waals surface area (Å²) in [6.07, 6.45) is 4.03. The smallest absolute Gasteiger partial charge is 0.0580 e. The molecule has 1 aliphatic rings. The molecule has 1 unspecified atom stereocenters. The molecule has 1 heterocycles. The topological polar surface area (TPSA) is 35.2 Å². The summed E-state index contributed by atoms with van der Waals surface area (Å²) in [6, 6.07) is 4.44. The summed E-state index contributed by atoms with van der Waals surface area (Å²) in [7, 11) is 0. The van der Waals surface area contributed by atoms with Crippen LogP contribution in [-0.2, 0) is 4.74 Å². The number of nitrogens with two attached hydrogens (primary N) is 1. The van der Waals surface area contributed by atoms with Crippen molar-refractivity contribution in [1.82, 2.24) is 0 Å². The second-order valence-electron chi connectivity index (χ2n) is 4.27. The number of hydrogen-bond donors (Lipinski definition) is 1. The Morgan fingerprint density at radius 2 is 2.40 bits per heavy atom. The Morgan fingerprint density at radius 3 is 3.00 bits per heavy atom. The number of thiophene rings is 1. The molecule has 2 nitrogen and oxygen atoms in total. The standard InChI is InChI=1S/C12H19NOS/c1-2-14-10-6-9(7-10)8-11(13)12-4-3-5-15-12/h3-5,9-11H,2,6-8,13H2,1H3. The van der Waals surface area contributed by atoms with Crippen molar-refractivity contribution in [2.45, 2.75) is 38.3 Å². The Hall–Kier alpha value is -0.380. The average Bonchev–Trinajstić information content (AvgIpc) is 2.67. The van der Waals surface area contributed by atoms with E-state index in [2.05, 4.69) is 24.4 Å². The van der Waals surface area contributed by atoms with Crippen LogP contribution in [0, 0.1) is 5.92 Å². The highest BCUT2D eigenvalue weighted by molar-refractivity contribution is 7.10. The first kappa shape index (κ1) is 11.1. The zero-order chi connectivity index (χ0) is 10.7. The Bertz CT molecular complexity index is 280. The molecular weight excluding hydrogens is 206 g/mol. The third-order valence-electron chi connectivity index (χ3n) is 3.09. The summed E-state index contributed by atoms with van der Waals surface area (Å²) in [6.45, 7) is 2.90. The van der Waals surface area contributed by atoms with Gasteiger partial charge in [0.05, 0.1) is 6.10 Å². The van der Waals surface area contributed by atoms with Crippen molar-refractivity contribution in [3.63, 3.8) is 0 Å². The summed E-state index contributed by atoms with van der Waals surface area (Å²) in [5.74, 6) is 0.777. The van der Waals surface area contributed by atoms with E-state index >= 15 is 0 Å². The molecule has 2 N–H and O–H groups in total. The molecule has 0 aromatic carbocycles.